The number of hydrogen-bond donors (Lipinski definition) is 2. The molecule has 0 aliphatic rings. The number of aromatic hydroxyl groups is 2. The van der Waals surface area contributed by atoms with Crippen molar-refractivity contribution in [3.63, 3.8) is 0 Å². The molecule has 3 aromatic carbocycles. The van der Waals surface area contributed by atoms with Gasteiger partial charge in [-0.1, -0.05) is 35.8 Å². The summed E-state index contributed by atoms with van der Waals surface area (Å²) in [6, 6.07) is 15.0. The predicted molar refractivity (Wildman–Crippen MR) is 96.1 cm³/mol. The molecule has 0 amide bonds. The van der Waals surface area contributed by atoms with Crippen LogP contribution in [-0.2, 0) is 16.8 Å². The first kappa shape index (κ1) is 20.0. The number of hydrogen-bond acceptors (Lipinski definition) is 6. The van der Waals surface area contributed by atoms with Gasteiger partial charge in [-0.2, -0.15) is 0 Å². The van der Waals surface area contributed by atoms with E-state index in [9.17, 15) is 20.4 Å². The van der Waals surface area contributed by atoms with Gasteiger partial charge in [0.2, 0.25) is 0 Å². The van der Waals surface area contributed by atoms with Crippen LogP contribution in [0.2, 0.25) is 0 Å². The number of phenolic OH excluding ortho intramolecular Hbond substituents is 2. The van der Waals surface area contributed by atoms with E-state index in [0.717, 1.165) is 12.1 Å². The van der Waals surface area contributed by atoms with Gasteiger partial charge in [0.05, 0.1) is 11.4 Å². The second-order valence-electron chi connectivity index (χ2n) is 5.45. The average Bonchev–Trinajstić information content (AvgIpc) is 2.61. The van der Waals surface area contributed by atoms with Gasteiger partial charge in [-0.05, 0) is 47.5 Å². The first-order valence-electron chi connectivity index (χ1n) is 7.70. The van der Waals surface area contributed by atoms with Crippen LogP contribution in [0.25, 0.3) is 0 Å². The van der Waals surface area contributed by atoms with Gasteiger partial charge in [0, 0.05) is 12.4 Å². The number of aliphatic imine (C=N–C) groups is 2. The van der Waals surface area contributed by atoms with E-state index < -0.39 is 0 Å². The summed E-state index contributed by atoms with van der Waals surface area (Å²) in [5.41, 5.74) is 1.70. The molecule has 27 heavy (non-hydrogen) atoms. The summed E-state index contributed by atoms with van der Waals surface area (Å²) in [6.07, 6.45) is 2.80. The molecule has 0 bridgehead atoms. The Morgan fingerprint density at radius 3 is 1.44 bits per heavy atom. The van der Waals surface area contributed by atoms with E-state index in [1.54, 1.807) is 24.3 Å². The van der Waals surface area contributed by atoms with Crippen molar-refractivity contribution in [2.75, 3.05) is 0 Å². The molecule has 0 heterocycles. The topological polar surface area (TPSA) is 111 Å². The Hall–Kier alpha value is -3.29. The molecule has 0 saturated heterocycles. The summed E-state index contributed by atoms with van der Waals surface area (Å²) in [5, 5.41) is 42.1. The minimum absolute atomic E-state index is 0. The molecule has 3 rings (SSSR count). The van der Waals surface area contributed by atoms with E-state index in [0.29, 0.717) is 22.5 Å². The molecular formula is C20H14CoN2O4. The van der Waals surface area contributed by atoms with Gasteiger partial charge < -0.3 is 20.4 Å². The molecule has 1 radical (unpaired) electrons. The minimum atomic E-state index is -0.338. The Kier molecular flexibility index (Phi) is 6.59. The van der Waals surface area contributed by atoms with Crippen molar-refractivity contribution >= 4 is 23.8 Å². The summed E-state index contributed by atoms with van der Waals surface area (Å²) in [6.45, 7) is 0. The van der Waals surface area contributed by atoms with Crippen LogP contribution >= 0.6 is 0 Å². The zero-order chi connectivity index (χ0) is 18.5. The normalized spacial score (nSPS) is 11.0. The summed E-state index contributed by atoms with van der Waals surface area (Å²) in [7, 11) is 0. The van der Waals surface area contributed by atoms with Crippen LogP contribution in [0.3, 0.4) is 0 Å². The summed E-state index contributed by atoms with van der Waals surface area (Å²) in [5.74, 6) is -0.872. The molecule has 0 atom stereocenters. The Bertz CT molecular complexity index is 923. The molecule has 0 aliphatic carbocycles. The van der Waals surface area contributed by atoms with E-state index in [4.69, 9.17) is 0 Å². The smallest absolute Gasteiger partial charge is 0.872 e. The number of benzene rings is 3. The first-order chi connectivity index (χ1) is 12.5. The number of para-hydroxylation sites is 2. The van der Waals surface area contributed by atoms with Crippen LogP contribution in [0.5, 0.6) is 23.0 Å². The molecule has 0 aromatic heterocycles. The van der Waals surface area contributed by atoms with Crippen LogP contribution < -0.4 is 10.2 Å². The molecular weight excluding hydrogens is 391 g/mol. The molecule has 0 unspecified atom stereocenters. The van der Waals surface area contributed by atoms with Crippen LogP contribution in [0, 0.1) is 0 Å². The monoisotopic (exact) mass is 405 g/mol. The second kappa shape index (κ2) is 8.88. The fraction of sp³-hybridized carbons (Fsp3) is 0. The predicted octanol–water partition coefficient (Wildman–Crippen LogP) is 2.74. The Labute approximate surface area is 166 Å². The van der Waals surface area contributed by atoms with Crippen molar-refractivity contribution in [2.45, 2.75) is 0 Å². The summed E-state index contributed by atoms with van der Waals surface area (Å²) in [4.78, 5) is 8.55. The first-order valence-corrected chi connectivity index (χ1v) is 7.70. The third-order valence-corrected chi connectivity index (χ3v) is 3.56. The zero-order valence-corrected chi connectivity index (χ0v) is 14.9. The number of nitrogens with zero attached hydrogens (tertiary/aromatic N) is 2. The van der Waals surface area contributed by atoms with Gasteiger partial charge >= 0.3 is 16.8 Å². The molecule has 0 saturated carbocycles. The van der Waals surface area contributed by atoms with E-state index in [2.05, 4.69) is 9.98 Å². The van der Waals surface area contributed by atoms with Gasteiger partial charge in [0.1, 0.15) is 11.5 Å². The Balaban J connectivity index is 0.00000261. The standard InChI is InChI=1S/C20H16N2O4.Co/c23-15-7-5-13(19(25)9-15)11-21-17-3-1-2-4-18(17)22-12-14-6-8-16(24)10-20(14)26;/h1-12,23-26H;/q;+2/p-2. The summed E-state index contributed by atoms with van der Waals surface area (Å²) >= 11 is 0. The van der Waals surface area contributed by atoms with Gasteiger partial charge in [0.25, 0.3) is 0 Å². The maximum Gasteiger partial charge on any atom is 2.00 e. The fourth-order valence-corrected chi connectivity index (χ4v) is 2.22. The van der Waals surface area contributed by atoms with Crippen molar-refractivity contribution in [2.24, 2.45) is 9.98 Å². The van der Waals surface area contributed by atoms with Gasteiger partial charge in [-0.25, -0.2) is 0 Å². The molecule has 7 heteroatoms. The molecule has 3 aromatic rings. The SMILES string of the molecule is [Co+2].[O-]c1cc(O)ccc1C=Nc1ccccc1N=Cc1ccc(O)cc1[O-]. The quantitative estimate of drug-likeness (QED) is 0.650. The van der Waals surface area contributed by atoms with Gasteiger partial charge in [-0.3, -0.25) is 9.98 Å². The number of rotatable bonds is 4. The van der Waals surface area contributed by atoms with Crippen molar-refractivity contribution < 1.29 is 37.2 Å². The molecule has 0 fully saturated rings. The Morgan fingerprint density at radius 2 is 1.07 bits per heavy atom. The van der Waals surface area contributed by atoms with Crippen molar-refractivity contribution in [1.29, 1.82) is 0 Å². The van der Waals surface area contributed by atoms with Crippen molar-refractivity contribution in [3.05, 3.63) is 71.8 Å². The second-order valence-corrected chi connectivity index (χ2v) is 5.45. The van der Waals surface area contributed by atoms with Crippen molar-refractivity contribution in [1.82, 2.24) is 0 Å². The van der Waals surface area contributed by atoms with E-state index in [-0.39, 0.29) is 39.8 Å². The van der Waals surface area contributed by atoms with Gasteiger partial charge in [0.15, 0.2) is 0 Å². The van der Waals surface area contributed by atoms with Crippen molar-refractivity contribution in [3.8, 4) is 23.0 Å². The summed E-state index contributed by atoms with van der Waals surface area (Å²) < 4.78 is 0. The average molecular weight is 405 g/mol. The third kappa shape index (κ3) is 5.10. The van der Waals surface area contributed by atoms with Crippen LogP contribution in [0.1, 0.15) is 11.1 Å². The van der Waals surface area contributed by atoms with Crippen LogP contribution in [-0.4, -0.2) is 22.6 Å². The molecule has 0 aliphatic heterocycles. The molecule has 2 N–H and O–H groups in total. The molecule has 0 spiro atoms. The maximum atomic E-state index is 11.8. The third-order valence-electron chi connectivity index (χ3n) is 3.56. The van der Waals surface area contributed by atoms with E-state index in [1.165, 1.54) is 36.7 Å². The van der Waals surface area contributed by atoms with Gasteiger partial charge in [-0.15, -0.1) is 0 Å². The Morgan fingerprint density at radius 1 is 0.667 bits per heavy atom. The number of phenols is 2. The fourth-order valence-electron chi connectivity index (χ4n) is 2.22. The van der Waals surface area contributed by atoms with E-state index >= 15 is 0 Å². The zero-order valence-electron chi connectivity index (χ0n) is 13.9. The largest absolute Gasteiger partial charge is 2.00 e. The van der Waals surface area contributed by atoms with E-state index in [1.807, 2.05) is 0 Å². The van der Waals surface area contributed by atoms with Crippen LogP contribution in [0.4, 0.5) is 11.4 Å². The molecule has 137 valence electrons. The molecule has 6 nitrogen and oxygen atoms in total. The van der Waals surface area contributed by atoms with Crippen LogP contribution in [0.15, 0.2) is 70.6 Å². The maximum absolute atomic E-state index is 11.8. The minimum Gasteiger partial charge on any atom is -0.872 e.